The maximum Gasteiger partial charge on any atom is 0.123 e. The molecule has 0 bridgehead atoms. The zero-order valence-corrected chi connectivity index (χ0v) is 11.1. The molecule has 3 heteroatoms. The van der Waals surface area contributed by atoms with Gasteiger partial charge in [0.05, 0.1) is 13.2 Å². The Morgan fingerprint density at radius 3 is 2.47 bits per heavy atom. The fourth-order valence-corrected chi connectivity index (χ4v) is 2.12. The van der Waals surface area contributed by atoms with Gasteiger partial charge in [-0.1, -0.05) is 18.2 Å². The molecule has 96 valence electrons. The molecule has 3 unspecified atom stereocenters. The molecule has 0 radical (unpaired) electrons. The van der Waals surface area contributed by atoms with Crippen molar-refractivity contribution in [3.63, 3.8) is 0 Å². The molecule has 0 heterocycles. The Morgan fingerprint density at radius 1 is 1.24 bits per heavy atom. The minimum atomic E-state index is -0.276. The fourth-order valence-electron chi connectivity index (χ4n) is 2.12. The number of methoxy groups -OCH3 is 1. The third kappa shape index (κ3) is 4.36. The summed E-state index contributed by atoms with van der Waals surface area (Å²) in [5.41, 5.74) is 1.15. The summed E-state index contributed by atoms with van der Waals surface area (Å²) in [7, 11) is 1.69. The number of hydrogen-bond donors (Lipinski definition) is 2. The molecule has 0 spiro atoms. The standard InChI is InChI=1S/C14H23NO2/c1-10(9-11(2)16)15-12(3)13-7-5-6-8-14(13)17-4/h5-8,10-12,15-16H,9H2,1-4H3. The summed E-state index contributed by atoms with van der Waals surface area (Å²) in [6.07, 6.45) is 0.474. The van der Waals surface area contributed by atoms with Crippen molar-refractivity contribution in [2.45, 2.75) is 45.4 Å². The van der Waals surface area contributed by atoms with Crippen LogP contribution >= 0.6 is 0 Å². The lowest BCUT2D eigenvalue weighted by Crippen LogP contribution is -2.31. The van der Waals surface area contributed by atoms with E-state index in [1.807, 2.05) is 25.1 Å². The molecule has 0 fully saturated rings. The Balaban J connectivity index is 2.65. The molecular weight excluding hydrogens is 214 g/mol. The van der Waals surface area contributed by atoms with E-state index in [0.29, 0.717) is 0 Å². The average molecular weight is 237 g/mol. The number of benzene rings is 1. The third-order valence-corrected chi connectivity index (χ3v) is 2.83. The number of hydrogen-bond acceptors (Lipinski definition) is 3. The van der Waals surface area contributed by atoms with Crippen LogP contribution in [0, 0.1) is 0 Å². The highest BCUT2D eigenvalue weighted by Crippen LogP contribution is 2.24. The highest BCUT2D eigenvalue weighted by Gasteiger charge is 2.14. The monoisotopic (exact) mass is 237 g/mol. The van der Waals surface area contributed by atoms with Crippen molar-refractivity contribution >= 4 is 0 Å². The van der Waals surface area contributed by atoms with E-state index in [1.165, 1.54) is 0 Å². The molecule has 3 nitrogen and oxygen atoms in total. The predicted octanol–water partition coefficient (Wildman–Crippen LogP) is 2.51. The van der Waals surface area contributed by atoms with Crippen molar-refractivity contribution in [2.24, 2.45) is 0 Å². The molecule has 0 saturated heterocycles. The Labute approximate surface area is 104 Å². The smallest absolute Gasteiger partial charge is 0.123 e. The van der Waals surface area contributed by atoms with E-state index in [-0.39, 0.29) is 18.2 Å². The molecule has 0 aliphatic rings. The number of aliphatic hydroxyl groups excluding tert-OH is 1. The van der Waals surface area contributed by atoms with Gasteiger partial charge in [-0.2, -0.15) is 0 Å². The number of nitrogens with one attached hydrogen (secondary N) is 1. The Hall–Kier alpha value is -1.06. The lowest BCUT2D eigenvalue weighted by molar-refractivity contribution is 0.168. The summed E-state index contributed by atoms with van der Waals surface area (Å²) < 4.78 is 5.34. The lowest BCUT2D eigenvalue weighted by atomic mass is 10.0. The molecular formula is C14H23NO2. The minimum absolute atomic E-state index is 0.208. The first kappa shape index (κ1) is 14.0. The lowest BCUT2D eigenvalue weighted by Gasteiger charge is -2.22. The van der Waals surface area contributed by atoms with Crippen molar-refractivity contribution in [3.8, 4) is 5.75 Å². The Morgan fingerprint density at radius 2 is 1.88 bits per heavy atom. The molecule has 1 aromatic carbocycles. The van der Waals surface area contributed by atoms with Crippen molar-refractivity contribution in [1.82, 2.24) is 5.32 Å². The summed E-state index contributed by atoms with van der Waals surface area (Å²) in [6, 6.07) is 8.48. The van der Waals surface area contributed by atoms with Gasteiger partial charge in [-0.3, -0.25) is 0 Å². The van der Waals surface area contributed by atoms with E-state index in [4.69, 9.17) is 4.74 Å². The van der Waals surface area contributed by atoms with Gasteiger partial charge in [-0.05, 0) is 33.3 Å². The molecule has 0 aliphatic carbocycles. The molecule has 0 amide bonds. The van der Waals surface area contributed by atoms with Crippen LogP contribution in [0.5, 0.6) is 5.75 Å². The quantitative estimate of drug-likeness (QED) is 0.798. The van der Waals surface area contributed by atoms with Crippen molar-refractivity contribution in [1.29, 1.82) is 0 Å². The van der Waals surface area contributed by atoms with Crippen LogP contribution in [-0.4, -0.2) is 24.4 Å². The number of rotatable bonds is 6. The van der Waals surface area contributed by atoms with E-state index < -0.39 is 0 Å². The second-order valence-corrected chi connectivity index (χ2v) is 4.62. The minimum Gasteiger partial charge on any atom is -0.496 e. The first-order valence-corrected chi connectivity index (χ1v) is 6.11. The van der Waals surface area contributed by atoms with E-state index >= 15 is 0 Å². The largest absolute Gasteiger partial charge is 0.496 e. The first-order valence-electron chi connectivity index (χ1n) is 6.11. The van der Waals surface area contributed by atoms with Crippen LogP contribution in [0.2, 0.25) is 0 Å². The normalized spacial score (nSPS) is 16.3. The highest BCUT2D eigenvalue weighted by molar-refractivity contribution is 5.35. The van der Waals surface area contributed by atoms with Gasteiger partial charge in [0.15, 0.2) is 0 Å². The topological polar surface area (TPSA) is 41.5 Å². The van der Waals surface area contributed by atoms with Gasteiger partial charge in [-0.15, -0.1) is 0 Å². The molecule has 0 aromatic heterocycles. The van der Waals surface area contributed by atoms with Crippen LogP contribution in [0.4, 0.5) is 0 Å². The van der Waals surface area contributed by atoms with E-state index in [1.54, 1.807) is 7.11 Å². The van der Waals surface area contributed by atoms with Crippen LogP contribution in [0.3, 0.4) is 0 Å². The fraction of sp³-hybridized carbons (Fsp3) is 0.571. The second kappa shape index (κ2) is 6.62. The van der Waals surface area contributed by atoms with Crippen LogP contribution in [-0.2, 0) is 0 Å². The summed E-state index contributed by atoms with van der Waals surface area (Å²) in [5, 5.41) is 12.8. The van der Waals surface area contributed by atoms with Gasteiger partial charge < -0.3 is 15.2 Å². The Bertz CT molecular complexity index is 339. The molecule has 17 heavy (non-hydrogen) atoms. The van der Waals surface area contributed by atoms with Crippen molar-refractivity contribution < 1.29 is 9.84 Å². The number of para-hydroxylation sites is 1. The molecule has 1 rings (SSSR count). The summed E-state index contributed by atoms with van der Waals surface area (Å²) in [4.78, 5) is 0. The summed E-state index contributed by atoms with van der Waals surface area (Å²) >= 11 is 0. The maximum atomic E-state index is 9.34. The van der Waals surface area contributed by atoms with Gasteiger partial charge in [0.2, 0.25) is 0 Å². The van der Waals surface area contributed by atoms with Crippen LogP contribution < -0.4 is 10.1 Å². The van der Waals surface area contributed by atoms with Crippen molar-refractivity contribution in [3.05, 3.63) is 29.8 Å². The van der Waals surface area contributed by atoms with E-state index in [9.17, 15) is 5.11 Å². The molecule has 1 aromatic rings. The van der Waals surface area contributed by atoms with Gasteiger partial charge >= 0.3 is 0 Å². The van der Waals surface area contributed by atoms with Gasteiger partial charge in [0, 0.05) is 17.6 Å². The second-order valence-electron chi connectivity index (χ2n) is 4.62. The molecule has 2 N–H and O–H groups in total. The van der Waals surface area contributed by atoms with Gasteiger partial charge in [-0.25, -0.2) is 0 Å². The third-order valence-electron chi connectivity index (χ3n) is 2.83. The molecule has 0 saturated carbocycles. The zero-order chi connectivity index (χ0) is 12.8. The summed E-state index contributed by atoms with van der Waals surface area (Å²) in [5.74, 6) is 0.900. The maximum absolute atomic E-state index is 9.34. The average Bonchev–Trinajstić information content (AvgIpc) is 2.27. The number of ether oxygens (including phenoxy) is 1. The van der Waals surface area contributed by atoms with Crippen molar-refractivity contribution in [2.75, 3.05) is 7.11 Å². The van der Waals surface area contributed by atoms with E-state index in [0.717, 1.165) is 17.7 Å². The summed E-state index contributed by atoms with van der Waals surface area (Å²) in [6.45, 7) is 6.00. The van der Waals surface area contributed by atoms with E-state index in [2.05, 4.69) is 25.2 Å². The number of aliphatic hydroxyl groups is 1. The van der Waals surface area contributed by atoms with Gasteiger partial charge in [0.1, 0.15) is 5.75 Å². The van der Waals surface area contributed by atoms with Crippen LogP contribution in [0.1, 0.15) is 38.8 Å². The van der Waals surface area contributed by atoms with Gasteiger partial charge in [0.25, 0.3) is 0 Å². The van der Waals surface area contributed by atoms with Crippen LogP contribution in [0.25, 0.3) is 0 Å². The zero-order valence-electron chi connectivity index (χ0n) is 11.1. The highest BCUT2D eigenvalue weighted by atomic mass is 16.5. The SMILES string of the molecule is COc1ccccc1C(C)NC(C)CC(C)O. The Kier molecular flexibility index (Phi) is 5.45. The molecule has 0 aliphatic heterocycles. The predicted molar refractivity (Wildman–Crippen MR) is 70.3 cm³/mol. The first-order chi connectivity index (χ1) is 8.04. The molecule has 3 atom stereocenters. The van der Waals surface area contributed by atoms with Crippen LogP contribution in [0.15, 0.2) is 24.3 Å².